The molecule has 0 N–H and O–H groups in total. The second-order valence-electron chi connectivity index (χ2n) is 7.92. The van der Waals surface area contributed by atoms with E-state index < -0.39 is 0 Å². The van der Waals surface area contributed by atoms with Crippen molar-refractivity contribution in [2.75, 3.05) is 89.8 Å². The Hall–Kier alpha value is 0.700. The van der Waals surface area contributed by atoms with Crippen molar-refractivity contribution in [3.63, 3.8) is 0 Å². The Morgan fingerprint density at radius 2 is 0.586 bits per heavy atom. The highest BCUT2D eigenvalue weighted by atomic mass is 31.1. The third-order valence-electron chi connectivity index (χ3n) is 6.13. The molecule has 0 unspecified atom stereocenters. The second kappa shape index (κ2) is 19.4. The lowest BCUT2D eigenvalue weighted by Crippen LogP contribution is -2.30. The molecule has 0 bridgehead atoms. The van der Waals surface area contributed by atoms with Gasteiger partial charge in [-0.05, 0) is 71.1 Å². The lowest BCUT2D eigenvalue weighted by Gasteiger charge is -2.32. The van der Waals surface area contributed by atoms with Gasteiger partial charge in [0.25, 0.3) is 0 Å². The van der Waals surface area contributed by atoms with E-state index in [1.54, 1.807) is 0 Å². The third kappa shape index (κ3) is 13.7. The molecule has 0 aliphatic heterocycles. The minimum Gasteiger partial charge on any atom is -0.300 e. The maximum absolute atomic E-state index is 2.66. The highest BCUT2D eigenvalue weighted by Crippen LogP contribution is 2.42. The fourth-order valence-electron chi connectivity index (χ4n) is 3.72. The van der Waals surface area contributed by atoms with Crippen LogP contribution in [0.1, 0.15) is 61.8 Å². The van der Waals surface area contributed by atoms with Gasteiger partial charge >= 0.3 is 0 Å². The van der Waals surface area contributed by atoms with Gasteiger partial charge in [-0.1, -0.05) is 71.2 Å². The number of nitrogens with zero attached hydrogens (tertiary/aromatic N) is 4. The Morgan fingerprint density at radius 3 is 0.759 bits per heavy atom. The lowest BCUT2D eigenvalue weighted by atomic mass is 10.6. The van der Waals surface area contributed by atoms with Crippen LogP contribution in [0.5, 0.6) is 0 Å². The summed E-state index contributed by atoms with van der Waals surface area (Å²) < 4.78 is 0. The van der Waals surface area contributed by atoms with Gasteiger partial charge < -0.3 is 0 Å². The zero-order valence-electron chi connectivity index (χ0n) is 21.3. The van der Waals surface area contributed by atoms with E-state index in [0.717, 1.165) is 0 Å². The van der Waals surface area contributed by atoms with Crippen molar-refractivity contribution < 1.29 is 0 Å². The molecule has 0 aliphatic rings. The van der Waals surface area contributed by atoms with E-state index >= 15 is 0 Å². The van der Waals surface area contributed by atoms with Crippen LogP contribution in [0.25, 0.3) is 0 Å². The van der Waals surface area contributed by atoms with Gasteiger partial charge in [0.15, 0.2) is 0 Å². The maximum atomic E-state index is 2.66. The monoisotopic (exact) mass is 448 g/mol. The molecule has 0 spiro atoms. The van der Waals surface area contributed by atoms with E-state index in [-0.39, 0.29) is 15.8 Å². The van der Waals surface area contributed by atoms with E-state index in [9.17, 15) is 0 Å². The summed E-state index contributed by atoms with van der Waals surface area (Å²) >= 11 is 0. The predicted octanol–water partition coefficient (Wildman–Crippen LogP) is 5.54. The number of hydrogen-bond acceptors (Lipinski definition) is 4. The van der Waals surface area contributed by atoms with Crippen LogP contribution in [-0.4, -0.2) is 109 Å². The van der Waals surface area contributed by atoms with Crippen molar-refractivity contribution in [2.45, 2.75) is 61.8 Å². The topological polar surface area (TPSA) is 13.0 Å². The molecule has 0 radical (unpaired) electrons. The molecule has 0 aliphatic carbocycles. The summed E-state index contributed by atoms with van der Waals surface area (Å²) in [7, 11) is 0.173. The van der Waals surface area contributed by atoms with Gasteiger partial charge in [-0.15, -0.1) is 0 Å². The molecule has 0 aromatic carbocycles. The van der Waals surface area contributed by atoms with Crippen LogP contribution in [0.15, 0.2) is 0 Å². The summed E-state index contributed by atoms with van der Waals surface area (Å²) in [5.74, 6) is 0. The third-order valence-corrected chi connectivity index (χ3v) is 11.2. The van der Waals surface area contributed by atoms with Crippen LogP contribution in [-0.2, 0) is 0 Å². The molecule has 29 heavy (non-hydrogen) atoms. The summed E-state index contributed by atoms with van der Waals surface area (Å²) in [4.78, 5) is 10.6. The Bertz CT molecular complexity index is 284. The summed E-state index contributed by atoms with van der Waals surface area (Å²) in [5.41, 5.74) is 0. The number of hydrogen-bond donors (Lipinski definition) is 0. The van der Waals surface area contributed by atoms with Crippen molar-refractivity contribution in [3.05, 3.63) is 0 Å². The molecule has 4 nitrogen and oxygen atoms in total. The molecule has 0 saturated heterocycles. The summed E-state index contributed by atoms with van der Waals surface area (Å²) in [6, 6.07) is 0. The van der Waals surface area contributed by atoms with E-state index in [4.69, 9.17) is 0 Å². The van der Waals surface area contributed by atoms with Crippen LogP contribution >= 0.6 is 15.8 Å². The van der Waals surface area contributed by atoms with Crippen molar-refractivity contribution in [1.29, 1.82) is 0 Å². The van der Waals surface area contributed by atoms with Gasteiger partial charge in [-0.2, -0.15) is 0 Å². The molecule has 6 heteroatoms. The highest BCUT2D eigenvalue weighted by molar-refractivity contribution is 7.58. The van der Waals surface area contributed by atoms with Crippen LogP contribution in [0.3, 0.4) is 0 Å². The Kier molecular flexibility index (Phi) is 19.9. The maximum Gasteiger partial charge on any atom is 0.0195 e. The van der Waals surface area contributed by atoms with E-state index in [1.165, 1.54) is 96.2 Å². The highest BCUT2D eigenvalue weighted by Gasteiger charge is 2.18. The lowest BCUT2D eigenvalue weighted by molar-refractivity contribution is 0.337. The standard InChI is InChI=1S/C23H54N4P2/c1-9-24(10-2)20-28(21-25(11-3)12-4)18-17-19-29(22-26(13-5)14-6)23-27(15-7)16-8/h9-23H2,1-8H3. The summed E-state index contributed by atoms with van der Waals surface area (Å²) in [5, 5.41) is 0. The minimum absolute atomic E-state index is 0.0865. The molecular weight excluding hydrogens is 394 g/mol. The molecular formula is C23H54N4P2. The van der Waals surface area contributed by atoms with Gasteiger partial charge in [0.05, 0.1) is 0 Å². The van der Waals surface area contributed by atoms with Crippen LogP contribution in [0, 0.1) is 0 Å². The first-order valence-electron chi connectivity index (χ1n) is 12.3. The summed E-state index contributed by atoms with van der Waals surface area (Å²) in [6.45, 7) is 28.2. The minimum atomic E-state index is 0.0865. The molecule has 0 amide bonds. The molecule has 0 saturated carbocycles. The van der Waals surface area contributed by atoms with Gasteiger partial charge in [0.1, 0.15) is 0 Å². The molecule has 0 aromatic heterocycles. The van der Waals surface area contributed by atoms with E-state index in [2.05, 4.69) is 75.0 Å². The Morgan fingerprint density at radius 1 is 0.379 bits per heavy atom. The molecule has 0 aromatic rings. The van der Waals surface area contributed by atoms with Crippen LogP contribution in [0.4, 0.5) is 0 Å². The van der Waals surface area contributed by atoms with Crippen molar-refractivity contribution in [3.8, 4) is 0 Å². The first kappa shape index (κ1) is 29.7. The van der Waals surface area contributed by atoms with Crippen LogP contribution < -0.4 is 0 Å². The SMILES string of the molecule is CCN(CC)CP(CCCP(CN(CC)CC)CN(CC)CC)CN(CC)CC. The molecule has 0 heterocycles. The second-order valence-corrected chi connectivity index (χ2v) is 12.6. The molecule has 0 atom stereocenters. The molecule has 0 rings (SSSR count). The van der Waals surface area contributed by atoms with Gasteiger partial charge in [0, 0.05) is 25.1 Å². The summed E-state index contributed by atoms with van der Waals surface area (Å²) in [6.07, 6.45) is 9.69. The van der Waals surface area contributed by atoms with Gasteiger partial charge in [0.2, 0.25) is 0 Å². The van der Waals surface area contributed by atoms with E-state index in [1.807, 2.05) is 0 Å². The smallest absolute Gasteiger partial charge is 0.0195 e. The first-order valence-corrected chi connectivity index (χ1v) is 16.1. The zero-order valence-corrected chi connectivity index (χ0v) is 23.1. The van der Waals surface area contributed by atoms with Gasteiger partial charge in [-0.3, -0.25) is 19.6 Å². The first-order chi connectivity index (χ1) is 14.0. The van der Waals surface area contributed by atoms with Crippen molar-refractivity contribution >= 4 is 15.8 Å². The quantitative estimate of drug-likeness (QED) is 0.227. The average molecular weight is 449 g/mol. The Labute approximate surface area is 187 Å². The molecule has 176 valence electrons. The fraction of sp³-hybridized carbons (Fsp3) is 1.00. The number of rotatable bonds is 20. The average Bonchev–Trinajstić information content (AvgIpc) is 2.76. The largest absolute Gasteiger partial charge is 0.300 e. The van der Waals surface area contributed by atoms with Crippen LogP contribution in [0.2, 0.25) is 0 Å². The van der Waals surface area contributed by atoms with Crippen molar-refractivity contribution in [2.24, 2.45) is 0 Å². The van der Waals surface area contributed by atoms with Crippen molar-refractivity contribution in [1.82, 2.24) is 19.6 Å². The fourth-order valence-corrected chi connectivity index (χ4v) is 9.78. The molecule has 0 fully saturated rings. The Balaban J connectivity index is 4.88. The zero-order chi connectivity index (χ0) is 22.1. The normalized spacial score (nSPS) is 12.6. The predicted molar refractivity (Wildman–Crippen MR) is 139 cm³/mol. The van der Waals surface area contributed by atoms with E-state index in [0.29, 0.717) is 0 Å². The van der Waals surface area contributed by atoms with Gasteiger partial charge in [-0.25, -0.2) is 0 Å².